The minimum atomic E-state index is -1.01. The van der Waals surface area contributed by atoms with Crippen LogP contribution in [0.15, 0.2) is 27.6 Å². The van der Waals surface area contributed by atoms with Gasteiger partial charge in [-0.3, -0.25) is 14.5 Å². The van der Waals surface area contributed by atoms with Crippen LogP contribution in [0.1, 0.15) is 19.4 Å². The predicted octanol–water partition coefficient (Wildman–Crippen LogP) is 2.99. The Morgan fingerprint density at radius 3 is 2.64 bits per heavy atom. The molecule has 28 heavy (non-hydrogen) atoms. The highest BCUT2D eigenvalue weighted by atomic mass is 79.9. The van der Waals surface area contributed by atoms with E-state index in [-0.39, 0.29) is 18.1 Å². The van der Waals surface area contributed by atoms with E-state index in [4.69, 9.17) is 9.47 Å². The van der Waals surface area contributed by atoms with Crippen molar-refractivity contribution in [3.8, 4) is 5.75 Å². The molecule has 1 fully saturated rings. The van der Waals surface area contributed by atoms with E-state index in [1.54, 1.807) is 25.1 Å². The molecule has 1 aliphatic heterocycles. The molecule has 1 aromatic carbocycles. The average molecular weight is 472 g/mol. The van der Waals surface area contributed by atoms with Crippen molar-refractivity contribution in [1.82, 2.24) is 4.90 Å². The number of hydrogen-bond acceptors (Lipinski definition) is 8. The summed E-state index contributed by atoms with van der Waals surface area (Å²) >= 11 is 4.09. The van der Waals surface area contributed by atoms with Crippen LogP contribution < -0.4 is 4.74 Å². The third kappa shape index (κ3) is 5.14. The first-order valence-corrected chi connectivity index (χ1v) is 9.82. The van der Waals surface area contributed by atoms with Gasteiger partial charge in [0.1, 0.15) is 11.8 Å². The number of carbonyl (C=O) groups is 4. The molecule has 0 unspecified atom stereocenters. The number of benzene rings is 1. The van der Waals surface area contributed by atoms with Gasteiger partial charge in [-0.05, 0) is 65.3 Å². The first-order chi connectivity index (χ1) is 13.3. The SMILES string of the molecule is CCOC(=O)COc1ccc(/C=C2/SC(=O)N([C@@H](C)C(=O)OC)C2=O)cc1Br. The molecule has 1 aromatic rings. The predicted molar refractivity (Wildman–Crippen MR) is 106 cm³/mol. The highest BCUT2D eigenvalue weighted by molar-refractivity contribution is 9.10. The van der Waals surface area contributed by atoms with Gasteiger partial charge in [0.25, 0.3) is 11.1 Å². The van der Waals surface area contributed by atoms with E-state index >= 15 is 0 Å². The number of nitrogens with zero attached hydrogens (tertiary/aromatic N) is 1. The fourth-order valence-corrected chi connectivity index (χ4v) is 3.72. The lowest BCUT2D eigenvalue weighted by Crippen LogP contribution is -2.42. The number of methoxy groups -OCH3 is 1. The van der Waals surface area contributed by atoms with Crippen molar-refractivity contribution < 1.29 is 33.4 Å². The van der Waals surface area contributed by atoms with Crippen LogP contribution in [0.5, 0.6) is 5.75 Å². The van der Waals surface area contributed by atoms with E-state index in [0.29, 0.717) is 15.8 Å². The molecule has 1 saturated heterocycles. The molecule has 0 radical (unpaired) electrons. The van der Waals surface area contributed by atoms with Gasteiger partial charge in [-0.15, -0.1) is 0 Å². The number of esters is 2. The smallest absolute Gasteiger partial charge is 0.344 e. The summed E-state index contributed by atoms with van der Waals surface area (Å²) in [5.74, 6) is -1.29. The minimum absolute atomic E-state index is 0.188. The van der Waals surface area contributed by atoms with Crippen molar-refractivity contribution in [2.45, 2.75) is 19.9 Å². The second kappa shape index (κ2) is 9.74. The first kappa shape index (κ1) is 22.0. The number of thioether (sulfide) groups is 1. The van der Waals surface area contributed by atoms with E-state index < -0.39 is 29.1 Å². The first-order valence-electron chi connectivity index (χ1n) is 8.21. The molecule has 8 nitrogen and oxygen atoms in total. The molecule has 0 aromatic heterocycles. The normalized spacial score (nSPS) is 16.3. The molecule has 2 amide bonds. The zero-order valence-corrected chi connectivity index (χ0v) is 17.8. The third-order valence-electron chi connectivity index (χ3n) is 3.66. The molecular formula is C18H18BrNO7S. The summed E-state index contributed by atoms with van der Waals surface area (Å²) < 4.78 is 15.3. The van der Waals surface area contributed by atoms with Crippen LogP contribution in [0.2, 0.25) is 0 Å². The van der Waals surface area contributed by atoms with E-state index in [9.17, 15) is 19.2 Å². The van der Waals surface area contributed by atoms with Crippen LogP contribution >= 0.6 is 27.7 Å². The summed E-state index contributed by atoms with van der Waals surface area (Å²) in [5.41, 5.74) is 0.631. The highest BCUT2D eigenvalue weighted by Gasteiger charge is 2.41. The van der Waals surface area contributed by atoms with Gasteiger partial charge >= 0.3 is 11.9 Å². The Labute approximate surface area is 174 Å². The summed E-state index contributed by atoms with van der Waals surface area (Å²) in [6, 6.07) is 3.96. The van der Waals surface area contributed by atoms with Crippen molar-refractivity contribution in [3.05, 3.63) is 33.1 Å². The van der Waals surface area contributed by atoms with E-state index in [0.717, 1.165) is 16.7 Å². The molecule has 1 atom stereocenters. The number of ether oxygens (including phenoxy) is 3. The van der Waals surface area contributed by atoms with Gasteiger partial charge in [0.15, 0.2) is 6.61 Å². The summed E-state index contributed by atoms with van der Waals surface area (Å²) in [5, 5.41) is -0.539. The van der Waals surface area contributed by atoms with Crippen molar-refractivity contribution in [2.24, 2.45) is 0 Å². The van der Waals surface area contributed by atoms with Gasteiger partial charge in [0.2, 0.25) is 0 Å². The fraction of sp³-hybridized carbons (Fsp3) is 0.333. The fourth-order valence-electron chi connectivity index (χ4n) is 2.30. The molecule has 1 aliphatic rings. The lowest BCUT2D eigenvalue weighted by atomic mass is 10.2. The van der Waals surface area contributed by atoms with E-state index in [2.05, 4.69) is 20.7 Å². The third-order valence-corrected chi connectivity index (χ3v) is 5.16. The number of amides is 2. The number of imide groups is 1. The Kier molecular flexibility index (Phi) is 7.64. The molecule has 0 N–H and O–H groups in total. The minimum Gasteiger partial charge on any atom is -0.481 e. The van der Waals surface area contributed by atoms with Gasteiger partial charge < -0.3 is 14.2 Å². The lowest BCUT2D eigenvalue weighted by molar-refractivity contribution is -0.148. The van der Waals surface area contributed by atoms with Crippen molar-refractivity contribution >= 4 is 56.9 Å². The molecule has 0 bridgehead atoms. The highest BCUT2D eigenvalue weighted by Crippen LogP contribution is 2.35. The number of halogens is 1. The standard InChI is InChI=1S/C18H18BrNO7S/c1-4-26-15(21)9-27-13-6-5-11(7-12(13)19)8-14-16(22)20(18(24)28-14)10(2)17(23)25-3/h5-8,10H,4,9H2,1-3H3/b14-8+/t10-/m0/s1. The summed E-state index contributed by atoms with van der Waals surface area (Å²) in [6.45, 7) is 3.18. The maximum atomic E-state index is 12.5. The molecule has 10 heteroatoms. The number of hydrogen-bond donors (Lipinski definition) is 0. The molecule has 0 saturated carbocycles. The molecular weight excluding hydrogens is 454 g/mol. The Morgan fingerprint density at radius 2 is 2.04 bits per heavy atom. The molecule has 0 aliphatic carbocycles. The van der Waals surface area contributed by atoms with Crippen LogP contribution in [-0.4, -0.2) is 54.4 Å². The van der Waals surface area contributed by atoms with Crippen LogP contribution in [0.25, 0.3) is 6.08 Å². The van der Waals surface area contributed by atoms with Gasteiger partial charge in [0, 0.05) is 0 Å². The molecule has 0 spiro atoms. The Hall–Kier alpha value is -2.33. The van der Waals surface area contributed by atoms with Gasteiger partial charge in [0.05, 0.1) is 23.1 Å². The van der Waals surface area contributed by atoms with Gasteiger partial charge in [-0.2, -0.15) is 0 Å². The summed E-state index contributed by atoms with van der Waals surface area (Å²) in [4.78, 5) is 48.7. The quantitative estimate of drug-likeness (QED) is 0.441. The van der Waals surface area contributed by atoms with E-state index in [1.165, 1.54) is 20.1 Å². The zero-order valence-electron chi connectivity index (χ0n) is 15.4. The summed E-state index contributed by atoms with van der Waals surface area (Å²) in [7, 11) is 1.19. The second-order valence-electron chi connectivity index (χ2n) is 5.53. The van der Waals surface area contributed by atoms with Crippen molar-refractivity contribution in [1.29, 1.82) is 0 Å². The van der Waals surface area contributed by atoms with Crippen LogP contribution in [0.4, 0.5) is 4.79 Å². The number of carbonyl (C=O) groups excluding carboxylic acids is 4. The van der Waals surface area contributed by atoms with Crippen LogP contribution in [0.3, 0.4) is 0 Å². The topological polar surface area (TPSA) is 99.2 Å². The second-order valence-corrected chi connectivity index (χ2v) is 7.38. The largest absolute Gasteiger partial charge is 0.481 e. The Morgan fingerprint density at radius 1 is 1.32 bits per heavy atom. The average Bonchev–Trinajstić information content (AvgIpc) is 2.93. The molecule has 1 heterocycles. The maximum absolute atomic E-state index is 12.5. The van der Waals surface area contributed by atoms with E-state index in [1.807, 2.05) is 0 Å². The monoisotopic (exact) mass is 471 g/mol. The molecule has 2 rings (SSSR count). The zero-order chi connectivity index (χ0) is 20.8. The van der Waals surface area contributed by atoms with Gasteiger partial charge in [-0.25, -0.2) is 9.59 Å². The summed E-state index contributed by atoms with van der Waals surface area (Å²) in [6.07, 6.45) is 1.54. The molecule has 150 valence electrons. The maximum Gasteiger partial charge on any atom is 0.344 e. The Bertz CT molecular complexity index is 839. The van der Waals surface area contributed by atoms with Crippen molar-refractivity contribution in [2.75, 3.05) is 20.3 Å². The van der Waals surface area contributed by atoms with Crippen molar-refractivity contribution in [3.63, 3.8) is 0 Å². The van der Waals surface area contributed by atoms with Gasteiger partial charge in [-0.1, -0.05) is 6.07 Å². The Balaban J connectivity index is 2.14. The number of rotatable bonds is 7. The lowest BCUT2D eigenvalue weighted by Gasteiger charge is -2.18. The van der Waals surface area contributed by atoms with Crippen LogP contribution in [-0.2, 0) is 23.9 Å². The van der Waals surface area contributed by atoms with Crippen LogP contribution in [0, 0.1) is 0 Å².